The lowest BCUT2D eigenvalue weighted by Gasteiger charge is -2.18. The number of carbonyl (C=O) groups is 2. The number of hydrogen-bond acceptors (Lipinski definition) is 7. The molecule has 1 fully saturated rings. The number of ether oxygens (including phenoxy) is 2. The Bertz CT molecular complexity index is 1000. The summed E-state index contributed by atoms with van der Waals surface area (Å²) in [6.07, 6.45) is 1.72. The number of carboxylic acid groups (broad SMARTS) is 1. The highest BCUT2D eigenvalue weighted by atomic mass is 32.2. The van der Waals surface area contributed by atoms with Crippen LogP contribution in [0.3, 0.4) is 0 Å². The van der Waals surface area contributed by atoms with Crippen LogP contribution in [-0.4, -0.2) is 29.4 Å². The Labute approximate surface area is 164 Å². The molecule has 2 aliphatic heterocycles. The minimum atomic E-state index is -1.31. The number of carboxylic acids is 1. The van der Waals surface area contributed by atoms with E-state index in [1.807, 2.05) is 6.07 Å². The molecule has 2 heterocycles. The first-order valence-corrected chi connectivity index (χ1v) is 9.24. The van der Waals surface area contributed by atoms with Gasteiger partial charge < -0.3 is 19.4 Å². The molecule has 0 spiro atoms. The van der Waals surface area contributed by atoms with Gasteiger partial charge in [-0.2, -0.15) is 0 Å². The minimum absolute atomic E-state index is 0.0163. The lowest BCUT2D eigenvalue weighted by atomic mass is 10.1. The van der Waals surface area contributed by atoms with Crippen LogP contribution in [0.2, 0.25) is 0 Å². The highest BCUT2D eigenvalue weighted by molar-refractivity contribution is 8.27. The highest BCUT2D eigenvalue weighted by Crippen LogP contribution is 2.37. The predicted octanol–water partition coefficient (Wildman–Crippen LogP) is 2.23. The summed E-state index contributed by atoms with van der Waals surface area (Å²) in [6.45, 7) is 0.989. The maximum atomic E-state index is 12.8. The van der Waals surface area contributed by atoms with Gasteiger partial charge in [0, 0.05) is 0 Å². The molecule has 0 aromatic heterocycles. The number of benzene rings is 2. The maximum absolute atomic E-state index is 12.8. The quantitative estimate of drug-likeness (QED) is 0.579. The fourth-order valence-corrected chi connectivity index (χ4v) is 4.06. The molecular formula is C19H12NO5S2-. The van der Waals surface area contributed by atoms with Gasteiger partial charge in [-0.3, -0.25) is 9.69 Å². The monoisotopic (exact) mass is 398 g/mol. The summed E-state index contributed by atoms with van der Waals surface area (Å²) in [5, 5.41) is 11.1. The van der Waals surface area contributed by atoms with Crippen molar-refractivity contribution in [3.8, 4) is 11.5 Å². The summed E-state index contributed by atoms with van der Waals surface area (Å²) in [4.78, 5) is 25.6. The number of carbonyl (C=O) groups excluding carboxylic acids is 2. The molecule has 27 heavy (non-hydrogen) atoms. The van der Waals surface area contributed by atoms with Crippen LogP contribution in [0, 0.1) is 0 Å². The van der Waals surface area contributed by atoms with Crippen molar-refractivity contribution in [3.05, 3.63) is 58.5 Å². The lowest BCUT2D eigenvalue weighted by molar-refractivity contribution is -0.255. The van der Waals surface area contributed by atoms with Crippen molar-refractivity contribution in [1.29, 1.82) is 0 Å². The van der Waals surface area contributed by atoms with Gasteiger partial charge in [0.1, 0.15) is 13.2 Å². The first kappa shape index (κ1) is 17.6. The van der Waals surface area contributed by atoms with Crippen molar-refractivity contribution in [2.75, 3.05) is 18.1 Å². The van der Waals surface area contributed by atoms with E-state index >= 15 is 0 Å². The molecule has 4 rings (SSSR count). The minimum Gasteiger partial charge on any atom is -0.545 e. The van der Waals surface area contributed by atoms with E-state index in [4.69, 9.17) is 21.7 Å². The molecule has 2 aromatic carbocycles. The molecule has 0 radical (unpaired) electrons. The molecule has 8 heteroatoms. The zero-order valence-electron chi connectivity index (χ0n) is 13.8. The number of anilines is 1. The smallest absolute Gasteiger partial charge is 0.270 e. The zero-order valence-corrected chi connectivity index (χ0v) is 15.5. The van der Waals surface area contributed by atoms with Crippen molar-refractivity contribution >= 4 is 51.9 Å². The van der Waals surface area contributed by atoms with Gasteiger partial charge in [-0.25, -0.2) is 0 Å². The summed E-state index contributed by atoms with van der Waals surface area (Å²) in [6, 6.07) is 11.4. The Balaban J connectivity index is 1.64. The summed E-state index contributed by atoms with van der Waals surface area (Å²) in [5.41, 5.74) is 1.16. The van der Waals surface area contributed by atoms with Crippen molar-refractivity contribution in [1.82, 2.24) is 0 Å². The van der Waals surface area contributed by atoms with Gasteiger partial charge in [-0.05, 0) is 41.5 Å². The van der Waals surface area contributed by atoms with Crippen LogP contribution in [-0.2, 0) is 4.79 Å². The predicted molar refractivity (Wildman–Crippen MR) is 104 cm³/mol. The van der Waals surface area contributed by atoms with E-state index < -0.39 is 5.97 Å². The summed E-state index contributed by atoms with van der Waals surface area (Å²) in [7, 11) is 0. The van der Waals surface area contributed by atoms with Gasteiger partial charge in [-0.1, -0.05) is 42.2 Å². The second-order valence-corrected chi connectivity index (χ2v) is 7.43. The van der Waals surface area contributed by atoms with Gasteiger partial charge in [0.2, 0.25) is 0 Å². The molecule has 0 aliphatic carbocycles. The van der Waals surface area contributed by atoms with Crippen molar-refractivity contribution < 1.29 is 24.2 Å². The van der Waals surface area contributed by atoms with Crippen LogP contribution in [0.1, 0.15) is 15.9 Å². The average molecular weight is 398 g/mol. The van der Waals surface area contributed by atoms with Gasteiger partial charge in [0.25, 0.3) is 5.91 Å². The number of thioether (sulfide) groups is 1. The zero-order chi connectivity index (χ0) is 19.0. The molecule has 0 N–H and O–H groups in total. The third kappa shape index (κ3) is 3.41. The van der Waals surface area contributed by atoms with E-state index in [9.17, 15) is 14.7 Å². The first-order chi connectivity index (χ1) is 13.0. The fraction of sp³-hybridized carbons (Fsp3) is 0.105. The Kier molecular flexibility index (Phi) is 4.59. The molecule has 2 aliphatic rings. The van der Waals surface area contributed by atoms with E-state index in [2.05, 4.69) is 0 Å². The van der Waals surface area contributed by atoms with E-state index in [0.717, 1.165) is 17.3 Å². The third-order valence-corrected chi connectivity index (χ3v) is 5.30. The number of amides is 1. The normalized spacial score (nSPS) is 17.5. The first-order valence-electron chi connectivity index (χ1n) is 8.02. The van der Waals surface area contributed by atoms with Gasteiger partial charge in [-0.15, -0.1) is 0 Å². The molecule has 0 bridgehead atoms. The molecular weight excluding hydrogens is 386 g/mol. The van der Waals surface area contributed by atoms with Crippen LogP contribution in [0.25, 0.3) is 6.08 Å². The molecule has 0 saturated carbocycles. The molecule has 0 atom stereocenters. The van der Waals surface area contributed by atoms with Crippen molar-refractivity contribution in [3.63, 3.8) is 0 Å². The number of aromatic carboxylic acids is 1. The van der Waals surface area contributed by atoms with Crippen molar-refractivity contribution in [2.45, 2.75) is 0 Å². The maximum Gasteiger partial charge on any atom is 0.270 e. The molecule has 1 amide bonds. The number of thiocarbonyl (C=S) groups is 1. The summed E-state index contributed by atoms with van der Waals surface area (Å²) < 4.78 is 11.4. The largest absolute Gasteiger partial charge is 0.545 e. The van der Waals surface area contributed by atoms with E-state index in [0.29, 0.717) is 39.6 Å². The molecule has 6 nitrogen and oxygen atoms in total. The standard InChI is InChI=1S/C19H13NO5S2/c21-17-16(9-11-4-5-14-15(8-11)25-7-6-24-14)27-19(26)20(17)13-3-1-2-12(10-13)18(22)23/h1-5,8-10H,6-7H2,(H,22,23)/p-1. The lowest BCUT2D eigenvalue weighted by Crippen LogP contribution is -2.28. The Morgan fingerprint density at radius 3 is 2.70 bits per heavy atom. The Hall–Kier alpha value is -2.84. The molecule has 136 valence electrons. The van der Waals surface area contributed by atoms with Crippen LogP contribution in [0.5, 0.6) is 11.5 Å². The SMILES string of the molecule is O=C([O-])c1cccc(N2C(=O)C(=Cc3ccc4c(c3)OCCO4)SC2=S)c1. The van der Waals surface area contributed by atoms with Crippen LogP contribution in [0.15, 0.2) is 47.4 Å². The number of hydrogen-bond donors (Lipinski definition) is 0. The summed E-state index contributed by atoms with van der Waals surface area (Å²) >= 11 is 6.48. The number of nitrogens with zero attached hydrogens (tertiary/aromatic N) is 1. The second kappa shape index (κ2) is 7.05. The van der Waals surface area contributed by atoms with Gasteiger partial charge >= 0.3 is 0 Å². The third-order valence-electron chi connectivity index (χ3n) is 4.00. The van der Waals surface area contributed by atoms with E-state index in [1.54, 1.807) is 30.3 Å². The number of fused-ring (bicyclic) bond motifs is 1. The van der Waals surface area contributed by atoms with Crippen LogP contribution >= 0.6 is 24.0 Å². The Morgan fingerprint density at radius 1 is 1.15 bits per heavy atom. The average Bonchev–Trinajstić information content (AvgIpc) is 2.95. The fourth-order valence-electron chi connectivity index (χ4n) is 2.76. The van der Waals surface area contributed by atoms with Crippen LogP contribution < -0.4 is 19.5 Å². The van der Waals surface area contributed by atoms with Gasteiger partial charge in [0.05, 0.1) is 16.6 Å². The molecule has 2 aromatic rings. The second-order valence-electron chi connectivity index (χ2n) is 5.76. The van der Waals surface area contributed by atoms with Gasteiger partial charge in [0.15, 0.2) is 15.8 Å². The Morgan fingerprint density at radius 2 is 1.93 bits per heavy atom. The van der Waals surface area contributed by atoms with E-state index in [1.165, 1.54) is 17.0 Å². The van der Waals surface area contributed by atoms with Crippen molar-refractivity contribution in [2.24, 2.45) is 0 Å². The number of rotatable bonds is 3. The summed E-state index contributed by atoms with van der Waals surface area (Å²) in [5.74, 6) is -0.318. The van der Waals surface area contributed by atoms with E-state index in [-0.39, 0.29) is 11.5 Å². The topological polar surface area (TPSA) is 78.9 Å². The van der Waals surface area contributed by atoms with Crippen LogP contribution in [0.4, 0.5) is 5.69 Å². The molecule has 0 unspecified atom stereocenters. The molecule has 1 saturated heterocycles. The highest BCUT2D eigenvalue weighted by Gasteiger charge is 2.33.